The maximum absolute atomic E-state index is 11.1. The van der Waals surface area contributed by atoms with Gasteiger partial charge in [-0.1, -0.05) is 50.7 Å². The van der Waals surface area contributed by atoms with E-state index in [4.69, 9.17) is 21.7 Å². The standard InChI is InChI=1S/C36H51NO4S/c1-4-5-19-37(3)34(42)24-40-20-7-6-8-21-41-28-13-9-25(10-14-28)31-23-36(2)32(17-18-33(36)39)30-15-11-26-22-27(38)12-16-29(26)35(30)31/h9-10,12-14,16,22,30-33,35,38-39H,4-8,11,15,17-21,23-24H2,1-3H3/t30?,31-,32?,33+,35?,36+/m1/s1. The predicted octanol–water partition coefficient (Wildman–Crippen LogP) is 7.63. The number of aliphatic hydroxyl groups excluding tert-OH is 1. The molecule has 2 N–H and O–H groups in total. The van der Waals surface area contributed by atoms with Crippen molar-refractivity contribution in [2.24, 2.45) is 17.3 Å². The number of unbranched alkanes of at least 4 members (excludes halogenated alkanes) is 3. The van der Waals surface area contributed by atoms with Crippen LogP contribution in [0.25, 0.3) is 0 Å². The molecule has 3 unspecified atom stereocenters. The Hall–Kier alpha value is -2.15. The molecule has 0 heterocycles. The van der Waals surface area contributed by atoms with E-state index in [1.807, 2.05) is 19.2 Å². The van der Waals surface area contributed by atoms with Crippen molar-refractivity contribution in [2.45, 2.75) is 96.0 Å². The molecule has 0 spiro atoms. The molecule has 6 heteroatoms. The lowest BCUT2D eigenvalue weighted by Crippen LogP contribution is -2.47. The number of phenolic OH excluding ortho intramolecular Hbond substituents is 1. The van der Waals surface area contributed by atoms with E-state index in [0.717, 1.165) is 81.7 Å². The smallest absolute Gasteiger partial charge is 0.119 e. The minimum absolute atomic E-state index is 0.0327. The van der Waals surface area contributed by atoms with E-state index in [-0.39, 0.29) is 11.5 Å². The van der Waals surface area contributed by atoms with Crippen molar-refractivity contribution >= 4 is 17.2 Å². The highest BCUT2D eigenvalue weighted by molar-refractivity contribution is 7.80. The minimum atomic E-state index is -0.219. The summed E-state index contributed by atoms with van der Waals surface area (Å²) < 4.78 is 11.9. The Morgan fingerprint density at radius 1 is 1.02 bits per heavy atom. The number of hydrogen-bond acceptors (Lipinski definition) is 5. The zero-order chi connectivity index (χ0) is 29.7. The largest absolute Gasteiger partial charge is 0.508 e. The van der Waals surface area contributed by atoms with Gasteiger partial charge in [0.15, 0.2) is 0 Å². The number of nitrogens with zero attached hydrogens (tertiary/aromatic N) is 1. The van der Waals surface area contributed by atoms with Crippen LogP contribution in [0.5, 0.6) is 11.5 Å². The highest BCUT2D eigenvalue weighted by Crippen LogP contribution is 2.65. The summed E-state index contributed by atoms with van der Waals surface area (Å²) in [6, 6.07) is 14.8. The molecule has 230 valence electrons. The first-order chi connectivity index (χ1) is 20.3. The number of rotatable bonds is 13. The lowest BCUT2D eigenvalue weighted by molar-refractivity contribution is -0.0323. The number of likely N-dealkylation sites (N-methyl/N-ethyl adjacent to an activating group) is 1. The Kier molecular flexibility index (Phi) is 10.5. The Labute approximate surface area is 258 Å². The van der Waals surface area contributed by atoms with Crippen LogP contribution >= 0.6 is 12.2 Å². The van der Waals surface area contributed by atoms with E-state index in [1.54, 1.807) is 0 Å². The molecule has 0 amide bonds. The molecule has 2 saturated carbocycles. The topological polar surface area (TPSA) is 62.2 Å². The molecule has 6 atom stereocenters. The van der Waals surface area contributed by atoms with Gasteiger partial charge in [-0.3, -0.25) is 0 Å². The van der Waals surface area contributed by atoms with Gasteiger partial charge in [-0.25, -0.2) is 0 Å². The number of aromatic hydroxyl groups is 1. The van der Waals surface area contributed by atoms with Crippen LogP contribution in [0, 0.1) is 17.3 Å². The third-order valence-electron chi connectivity index (χ3n) is 10.7. The second-order valence-corrected chi connectivity index (χ2v) is 13.8. The first kappa shape index (κ1) is 31.3. The third kappa shape index (κ3) is 6.81. The second-order valence-electron chi connectivity index (χ2n) is 13.3. The van der Waals surface area contributed by atoms with Crippen molar-refractivity contribution in [1.29, 1.82) is 0 Å². The Bertz CT molecular complexity index is 1190. The first-order valence-corrected chi connectivity index (χ1v) is 16.8. The number of thiocarbonyl (C=S) groups is 1. The molecule has 0 aliphatic heterocycles. The van der Waals surface area contributed by atoms with E-state index >= 15 is 0 Å². The maximum atomic E-state index is 11.1. The van der Waals surface area contributed by atoms with Crippen molar-refractivity contribution < 1.29 is 19.7 Å². The van der Waals surface area contributed by atoms with E-state index in [1.165, 1.54) is 23.1 Å². The lowest BCUT2D eigenvalue weighted by Gasteiger charge is -2.54. The normalized spacial score (nSPS) is 28.0. The SMILES string of the molecule is CCCCN(C)C(=S)COCCCCCOc1ccc([C@H]2C[C@@]3(C)C(CC[C@@H]3O)C3CCc4cc(O)ccc4C32)cc1. The maximum Gasteiger partial charge on any atom is 0.119 e. The molecule has 2 fully saturated rings. The number of phenols is 1. The van der Waals surface area contributed by atoms with Crippen molar-refractivity contribution in [1.82, 2.24) is 4.90 Å². The molecule has 0 bridgehead atoms. The fourth-order valence-corrected chi connectivity index (χ4v) is 8.44. The van der Waals surface area contributed by atoms with Gasteiger partial charge < -0.3 is 24.6 Å². The number of hydrogen-bond donors (Lipinski definition) is 2. The molecular weight excluding hydrogens is 542 g/mol. The van der Waals surface area contributed by atoms with Crippen molar-refractivity contribution in [3.05, 3.63) is 59.2 Å². The molecule has 3 aliphatic rings. The van der Waals surface area contributed by atoms with Gasteiger partial charge in [0.1, 0.15) is 16.5 Å². The lowest BCUT2D eigenvalue weighted by atomic mass is 9.51. The predicted molar refractivity (Wildman–Crippen MR) is 174 cm³/mol. The highest BCUT2D eigenvalue weighted by Gasteiger charge is 2.57. The molecular formula is C36H51NO4S. The summed E-state index contributed by atoms with van der Waals surface area (Å²) in [5.41, 5.74) is 4.02. The summed E-state index contributed by atoms with van der Waals surface area (Å²) in [5, 5.41) is 21.3. The molecule has 0 radical (unpaired) electrons. The van der Waals surface area contributed by atoms with Gasteiger partial charge >= 0.3 is 0 Å². The van der Waals surface area contributed by atoms with Crippen LogP contribution in [0.3, 0.4) is 0 Å². The molecule has 42 heavy (non-hydrogen) atoms. The van der Waals surface area contributed by atoms with E-state index in [2.05, 4.69) is 49.1 Å². The van der Waals surface area contributed by atoms with Crippen LogP contribution < -0.4 is 4.74 Å². The summed E-state index contributed by atoms with van der Waals surface area (Å²) in [6.07, 6.45) is 10.4. The van der Waals surface area contributed by atoms with Gasteiger partial charge in [0.2, 0.25) is 0 Å². The Morgan fingerprint density at radius 3 is 2.60 bits per heavy atom. The number of aliphatic hydroxyl groups is 1. The molecule has 2 aromatic carbocycles. The summed E-state index contributed by atoms with van der Waals surface area (Å²) >= 11 is 5.46. The average Bonchev–Trinajstić information content (AvgIpc) is 3.30. The van der Waals surface area contributed by atoms with Gasteiger partial charge in [0.25, 0.3) is 0 Å². The zero-order valence-electron chi connectivity index (χ0n) is 25.9. The first-order valence-electron chi connectivity index (χ1n) is 16.4. The van der Waals surface area contributed by atoms with Crippen LogP contribution in [0.4, 0.5) is 0 Å². The number of aryl methyl sites for hydroxylation is 1. The summed E-state index contributed by atoms with van der Waals surface area (Å²) in [4.78, 5) is 3.01. The Morgan fingerprint density at radius 2 is 1.81 bits per heavy atom. The van der Waals surface area contributed by atoms with Gasteiger partial charge in [-0.15, -0.1) is 0 Å². The average molecular weight is 594 g/mol. The fourth-order valence-electron chi connectivity index (χ4n) is 8.27. The van der Waals surface area contributed by atoms with Crippen LogP contribution in [0.1, 0.15) is 100 Å². The van der Waals surface area contributed by atoms with Gasteiger partial charge in [-0.2, -0.15) is 0 Å². The van der Waals surface area contributed by atoms with E-state index < -0.39 is 0 Å². The van der Waals surface area contributed by atoms with Crippen molar-refractivity contribution in [3.63, 3.8) is 0 Å². The third-order valence-corrected chi connectivity index (χ3v) is 11.1. The van der Waals surface area contributed by atoms with Crippen molar-refractivity contribution in [3.8, 4) is 11.5 Å². The number of benzene rings is 2. The van der Waals surface area contributed by atoms with Crippen LogP contribution in [0.15, 0.2) is 42.5 Å². The summed E-state index contributed by atoms with van der Waals surface area (Å²) in [7, 11) is 2.05. The molecule has 5 rings (SSSR count). The molecule has 3 aliphatic carbocycles. The number of ether oxygens (including phenoxy) is 2. The van der Waals surface area contributed by atoms with E-state index in [9.17, 15) is 10.2 Å². The van der Waals surface area contributed by atoms with Gasteiger partial charge in [-0.05, 0) is 128 Å². The van der Waals surface area contributed by atoms with Crippen LogP contribution in [-0.2, 0) is 11.2 Å². The summed E-state index contributed by atoms with van der Waals surface area (Å²) in [6.45, 7) is 7.51. The zero-order valence-corrected chi connectivity index (χ0v) is 26.7. The fraction of sp³-hybridized carbons (Fsp3) is 0.639. The molecule has 5 nitrogen and oxygen atoms in total. The number of fused-ring (bicyclic) bond motifs is 5. The molecule has 0 saturated heterocycles. The molecule has 0 aromatic heterocycles. The Balaban J connectivity index is 1.14. The molecule has 2 aromatic rings. The summed E-state index contributed by atoms with van der Waals surface area (Å²) in [5.74, 6) is 3.19. The monoisotopic (exact) mass is 593 g/mol. The second kappa shape index (κ2) is 14.1. The van der Waals surface area contributed by atoms with Crippen LogP contribution in [0.2, 0.25) is 0 Å². The van der Waals surface area contributed by atoms with Crippen LogP contribution in [-0.4, -0.2) is 59.6 Å². The van der Waals surface area contributed by atoms with Gasteiger partial charge in [0.05, 0.1) is 19.3 Å². The quantitative estimate of drug-likeness (QED) is 0.184. The van der Waals surface area contributed by atoms with Crippen molar-refractivity contribution in [2.75, 3.05) is 33.4 Å². The minimum Gasteiger partial charge on any atom is -0.508 e. The van der Waals surface area contributed by atoms with Gasteiger partial charge in [0, 0.05) is 20.2 Å². The highest BCUT2D eigenvalue weighted by atomic mass is 32.1. The van der Waals surface area contributed by atoms with E-state index in [0.29, 0.717) is 42.6 Å².